The van der Waals surface area contributed by atoms with Crippen LogP contribution in [-0.2, 0) is 19.8 Å². The molecule has 0 atom stereocenters. The van der Waals surface area contributed by atoms with Crippen molar-refractivity contribution in [1.82, 2.24) is 4.90 Å². The fraction of sp³-hybridized carbons (Fsp3) is 0.233. The van der Waals surface area contributed by atoms with Crippen LogP contribution in [0, 0.1) is 29.2 Å². The molecule has 0 saturated carbocycles. The molecule has 8 nitrogen and oxygen atoms in total. The van der Waals surface area contributed by atoms with Crippen LogP contribution in [0.15, 0.2) is 59.5 Å². The normalized spacial score (nSPS) is 14.7. The summed E-state index contributed by atoms with van der Waals surface area (Å²) in [6.45, 7) is 0.334. The SMILES string of the molecule is O=C(COc1ccc2ccc3ccc(S(=O)(=O)O)c4ccc1c2c34)N1CCC(COOc2c(F)c(F)cc(F)c2F)CC1. The smallest absolute Gasteiger partial charge is 0.295 e. The van der Waals surface area contributed by atoms with Crippen LogP contribution >= 0.6 is 0 Å². The molecule has 6 rings (SSSR count). The Balaban J connectivity index is 1.09. The second-order valence-electron chi connectivity index (χ2n) is 10.3. The van der Waals surface area contributed by atoms with Gasteiger partial charge in [0, 0.05) is 35.3 Å². The number of ether oxygens (including phenoxy) is 1. The highest BCUT2D eigenvalue weighted by Crippen LogP contribution is 2.40. The predicted molar refractivity (Wildman–Crippen MR) is 148 cm³/mol. The van der Waals surface area contributed by atoms with Crippen LogP contribution in [0.3, 0.4) is 0 Å². The molecule has 0 radical (unpaired) electrons. The summed E-state index contributed by atoms with van der Waals surface area (Å²) in [5.74, 6) is -7.90. The van der Waals surface area contributed by atoms with Crippen LogP contribution in [0.1, 0.15) is 12.8 Å². The maximum atomic E-state index is 13.7. The number of rotatable bonds is 8. The second-order valence-corrected chi connectivity index (χ2v) is 11.7. The topological polar surface area (TPSA) is 102 Å². The molecule has 1 amide bonds. The molecule has 1 fully saturated rings. The van der Waals surface area contributed by atoms with Gasteiger partial charge in [-0.1, -0.05) is 30.3 Å². The Labute approximate surface area is 242 Å². The molecule has 1 N–H and O–H groups in total. The maximum absolute atomic E-state index is 13.7. The average molecular weight is 618 g/mol. The number of likely N-dealkylation sites (tertiary alicyclic amines) is 1. The van der Waals surface area contributed by atoms with Crippen molar-refractivity contribution >= 4 is 48.3 Å². The van der Waals surface area contributed by atoms with Gasteiger partial charge in [0.05, 0.1) is 6.61 Å². The number of carbonyl (C=O) groups is 1. The molecular weight excluding hydrogens is 594 g/mol. The second kappa shape index (κ2) is 11.1. The van der Waals surface area contributed by atoms with E-state index in [1.54, 1.807) is 29.2 Å². The molecule has 0 aromatic heterocycles. The molecule has 43 heavy (non-hydrogen) atoms. The van der Waals surface area contributed by atoms with Gasteiger partial charge < -0.3 is 14.5 Å². The Morgan fingerprint density at radius 2 is 1.44 bits per heavy atom. The first kappa shape index (κ1) is 28.9. The van der Waals surface area contributed by atoms with Crippen molar-refractivity contribution in [2.75, 3.05) is 26.3 Å². The van der Waals surface area contributed by atoms with Crippen LogP contribution in [0.5, 0.6) is 11.5 Å². The molecular formula is C30H23F4NO7S. The number of halogens is 4. The van der Waals surface area contributed by atoms with Gasteiger partial charge in [0.2, 0.25) is 17.4 Å². The molecule has 1 saturated heterocycles. The summed E-state index contributed by atoms with van der Waals surface area (Å²) in [4.78, 5) is 23.7. The molecule has 5 aromatic carbocycles. The van der Waals surface area contributed by atoms with E-state index in [1.165, 1.54) is 6.07 Å². The van der Waals surface area contributed by atoms with E-state index >= 15 is 0 Å². The zero-order chi connectivity index (χ0) is 30.5. The van der Waals surface area contributed by atoms with E-state index in [1.807, 2.05) is 18.2 Å². The summed E-state index contributed by atoms with van der Waals surface area (Å²) in [6, 6.07) is 13.7. The highest BCUT2D eigenvalue weighted by atomic mass is 32.2. The van der Waals surface area contributed by atoms with Gasteiger partial charge in [-0.05, 0) is 53.1 Å². The highest BCUT2D eigenvalue weighted by Gasteiger charge is 2.26. The lowest BCUT2D eigenvalue weighted by molar-refractivity contribution is -0.223. The van der Waals surface area contributed by atoms with E-state index in [-0.39, 0.29) is 36.0 Å². The number of amides is 1. The van der Waals surface area contributed by atoms with Gasteiger partial charge in [-0.15, -0.1) is 0 Å². The van der Waals surface area contributed by atoms with Crippen molar-refractivity contribution in [3.05, 3.63) is 77.9 Å². The maximum Gasteiger partial charge on any atom is 0.295 e. The first-order valence-electron chi connectivity index (χ1n) is 13.2. The summed E-state index contributed by atoms with van der Waals surface area (Å²) in [7, 11) is -4.45. The Bertz CT molecular complexity index is 1950. The van der Waals surface area contributed by atoms with Crippen molar-refractivity contribution < 1.29 is 49.8 Å². The van der Waals surface area contributed by atoms with Gasteiger partial charge in [0.15, 0.2) is 18.2 Å². The summed E-state index contributed by atoms with van der Waals surface area (Å²) >= 11 is 0. The van der Waals surface area contributed by atoms with Gasteiger partial charge in [-0.3, -0.25) is 9.35 Å². The van der Waals surface area contributed by atoms with Crippen molar-refractivity contribution in [3.63, 3.8) is 0 Å². The van der Waals surface area contributed by atoms with Crippen LogP contribution in [0.2, 0.25) is 0 Å². The van der Waals surface area contributed by atoms with Crippen molar-refractivity contribution in [2.45, 2.75) is 17.7 Å². The fourth-order valence-corrected chi connectivity index (χ4v) is 6.18. The van der Waals surface area contributed by atoms with Crippen LogP contribution in [-0.4, -0.2) is 50.1 Å². The third-order valence-corrected chi connectivity index (χ3v) is 8.61. The zero-order valence-electron chi connectivity index (χ0n) is 22.3. The van der Waals surface area contributed by atoms with Gasteiger partial charge in [0.1, 0.15) is 10.6 Å². The van der Waals surface area contributed by atoms with E-state index in [0.29, 0.717) is 47.8 Å². The molecule has 0 aliphatic carbocycles. The van der Waals surface area contributed by atoms with E-state index in [4.69, 9.17) is 9.62 Å². The molecule has 5 aromatic rings. The fourth-order valence-electron chi connectivity index (χ4n) is 5.49. The van der Waals surface area contributed by atoms with E-state index in [0.717, 1.165) is 16.2 Å². The monoisotopic (exact) mass is 617 g/mol. The third-order valence-electron chi connectivity index (χ3n) is 7.70. The molecule has 13 heteroatoms. The number of piperidine rings is 1. The molecule has 0 bridgehead atoms. The van der Waals surface area contributed by atoms with Crippen LogP contribution in [0.4, 0.5) is 17.6 Å². The van der Waals surface area contributed by atoms with Crippen LogP contribution < -0.4 is 9.62 Å². The number of carbonyl (C=O) groups excluding carboxylic acids is 1. The Morgan fingerprint density at radius 1 is 0.860 bits per heavy atom. The average Bonchev–Trinajstić information content (AvgIpc) is 2.99. The first-order valence-corrected chi connectivity index (χ1v) is 14.7. The van der Waals surface area contributed by atoms with Crippen molar-refractivity contribution in [2.24, 2.45) is 5.92 Å². The lowest BCUT2D eigenvalue weighted by Crippen LogP contribution is -2.41. The van der Waals surface area contributed by atoms with Gasteiger partial charge in [-0.25, -0.2) is 8.78 Å². The summed E-state index contributed by atoms with van der Waals surface area (Å²) < 4.78 is 93.7. The number of hydrogen-bond donors (Lipinski definition) is 1. The lowest BCUT2D eigenvalue weighted by atomic mass is 9.94. The highest BCUT2D eigenvalue weighted by molar-refractivity contribution is 7.86. The van der Waals surface area contributed by atoms with Gasteiger partial charge >= 0.3 is 0 Å². The number of nitrogens with zero attached hydrogens (tertiary/aromatic N) is 1. The van der Waals surface area contributed by atoms with Gasteiger partial charge in [0.25, 0.3) is 16.0 Å². The standard InChI is InChI=1S/C30H23F4NO7S/c31-21-13-22(32)29(34)30(28(21)33)42-41-14-16-9-11-35(12-10-16)25(36)15-40-23-7-3-17-1-2-18-4-8-24(43(37,38)39)20-6-5-19(23)26(17)27(18)20/h1-8,13,16H,9-12,14-15H2,(H,37,38,39). The Kier molecular flexibility index (Phi) is 7.48. The van der Waals surface area contributed by atoms with E-state index in [2.05, 4.69) is 4.89 Å². The zero-order valence-corrected chi connectivity index (χ0v) is 23.1. The van der Waals surface area contributed by atoms with Crippen molar-refractivity contribution in [3.8, 4) is 11.5 Å². The quantitative estimate of drug-likeness (QED) is 0.0568. The largest absolute Gasteiger partial charge is 0.483 e. The molecule has 0 unspecified atom stereocenters. The Hall–Kier alpha value is -4.20. The van der Waals surface area contributed by atoms with Gasteiger partial charge in [-0.2, -0.15) is 22.1 Å². The summed E-state index contributed by atoms with van der Waals surface area (Å²) in [6.07, 6.45) is 0.957. The molecule has 224 valence electrons. The number of benzene rings is 5. The van der Waals surface area contributed by atoms with E-state index in [9.17, 15) is 35.3 Å². The summed E-state index contributed by atoms with van der Waals surface area (Å²) in [5.41, 5.74) is 0. The minimum atomic E-state index is -4.45. The first-order chi connectivity index (χ1) is 20.5. The van der Waals surface area contributed by atoms with Crippen molar-refractivity contribution in [1.29, 1.82) is 0 Å². The molecule has 1 heterocycles. The minimum absolute atomic E-state index is 0.0698. The molecule has 1 aliphatic rings. The number of hydrogen-bond acceptors (Lipinski definition) is 6. The molecule has 0 spiro atoms. The van der Waals surface area contributed by atoms with E-state index < -0.39 is 39.1 Å². The lowest BCUT2D eigenvalue weighted by Gasteiger charge is -2.31. The predicted octanol–water partition coefficient (Wildman–Crippen LogP) is 6.02. The minimum Gasteiger partial charge on any atom is -0.483 e. The molecule has 1 aliphatic heterocycles. The van der Waals surface area contributed by atoms with Crippen LogP contribution in [0.25, 0.3) is 32.3 Å². The third kappa shape index (κ3) is 5.39. The Morgan fingerprint density at radius 3 is 2.09 bits per heavy atom. The summed E-state index contributed by atoms with van der Waals surface area (Å²) in [5, 5.41) is 4.07.